The summed E-state index contributed by atoms with van der Waals surface area (Å²) >= 11 is 6.56. The van der Waals surface area contributed by atoms with Crippen LogP contribution in [0.4, 0.5) is 0 Å². The van der Waals surface area contributed by atoms with Crippen LogP contribution in [0.3, 0.4) is 0 Å². The van der Waals surface area contributed by atoms with E-state index in [1.54, 1.807) is 14.2 Å². The molecule has 1 aliphatic carbocycles. The molecule has 0 saturated carbocycles. The summed E-state index contributed by atoms with van der Waals surface area (Å²) in [4.78, 5) is 4.75. The quantitative estimate of drug-likeness (QED) is 0.759. The topological polar surface area (TPSA) is 40.6 Å². The largest absolute Gasteiger partial charge is 0.493 e. The van der Waals surface area contributed by atoms with Crippen molar-refractivity contribution in [2.24, 2.45) is 0 Å². The van der Waals surface area contributed by atoms with Crippen molar-refractivity contribution in [3.63, 3.8) is 0 Å². The minimum Gasteiger partial charge on any atom is -0.493 e. The molecule has 0 aliphatic heterocycles. The van der Waals surface area contributed by atoms with E-state index in [4.69, 9.17) is 30.8 Å². The lowest BCUT2D eigenvalue weighted by Gasteiger charge is -2.13. The summed E-state index contributed by atoms with van der Waals surface area (Å²) in [6.07, 6.45) is 3.96. The zero-order valence-corrected chi connectivity index (χ0v) is 13.7. The summed E-state index contributed by atoms with van der Waals surface area (Å²) in [5.74, 6) is 1.39. The van der Waals surface area contributed by atoms with Crippen LogP contribution in [0, 0.1) is 0 Å². The van der Waals surface area contributed by atoms with E-state index >= 15 is 0 Å². The van der Waals surface area contributed by atoms with Crippen molar-refractivity contribution < 1.29 is 14.2 Å². The van der Waals surface area contributed by atoms with Crippen LogP contribution in [0.2, 0.25) is 5.02 Å². The van der Waals surface area contributed by atoms with Gasteiger partial charge in [-0.15, -0.1) is 0 Å². The highest BCUT2D eigenvalue weighted by Gasteiger charge is 2.20. The predicted molar refractivity (Wildman–Crippen MR) is 87.3 cm³/mol. The number of fused-ring (bicyclic) bond motifs is 2. The maximum Gasteiger partial charge on any atom is 0.163 e. The SMILES string of the molecule is COCCCOc1cc2nc3c(c(Cl)c2cc1OC)CCC3. The third kappa shape index (κ3) is 2.85. The van der Waals surface area contributed by atoms with Crippen LogP contribution in [0.15, 0.2) is 12.1 Å². The fourth-order valence-corrected chi connectivity index (χ4v) is 3.23. The molecule has 0 atom stereocenters. The molecule has 0 bridgehead atoms. The van der Waals surface area contributed by atoms with Gasteiger partial charge in [0.2, 0.25) is 0 Å². The maximum absolute atomic E-state index is 6.56. The first kappa shape index (κ1) is 15.4. The van der Waals surface area contributed by atoms with Crippen LogP contribution in [0.1, 0.15) is 24.1 Å². The minimum atomic E-state index is 0.578. The fourth-order valence-electron chi connectivity index (χ4n) is 2.87. The molecule has 4 nitrogen and oxygen atoms in total. The van der Waals surface area contributed by atoms with E-state index in [0.29, 0.717) is 24.7 Å². The smallest absolute Gasteiger partial charge is 0.163 e. The fraction of sp³-hybridized carbons (Fsp3) is 0.471. The van der Waals surface area contributed by atoms with Gasteiger partial charge in [-0.3, -0.25) is 4.98 Å². The Balaban J connectivity index is 1.97. The van der Waals surface area contributed by atoms with Gasteiger partial charge in [-0.2, -0.15) is 0 Å². The summed E-state index contributed by atoms with van der Waals surface area (Å²) in [6.45, 7) is 1.25. The lowest BCUT2D eigenvalue weighted by atomic mass is 10.1. The Bertz CT molecular complexity index is 687. The zero-order valence-electron chi connectivity index (χ0n) is 12.9. The number of ether oxygens (including phenoxy) is 3. The maximum atomic E-state index is 6.56. The van der Waals surface area contributed by atoms with Gasteiger partial charge in [-0.05, 0) is 30.9 Å². The average Bonchev–Trinajstić information content (AvgIpc) is 3.00. The molecule has 1 aromatic carbocycles. The molecule has 0 saturated heterocycles. The van der Waals surface area contributed by atoms with Gasteiger partial charge in [-0.1, -0.05) is 11.6 Å². The first-order valence-corrected chi connectivity index (χ1v) is 7.93. The Hall–Kier alpha value is -1.52. The number of hydrogen-bond donors (Lipinski definition) is 0. The third-order valence-electron chi connectivity index (χ3n) is 3.98. The van der Waals surface area contributed by atoms with Gasteiger partial charge in [0.05, 0.1) is 24.3 Å². The molecule has 2 aromatic rings. The Morgan fingerprint density at radius 1 is 1.14 bits per heavy atom. The van der Waals surface area contributed by atoms with Crippen LogP contribution >= 0.6 is 11.6 Å². The van der Waals surface area contributed by atoms with E-state index in [1.165, 1.54) is 5.56 Å². The van der Waals surface area contributed by atoms with E-state index in [2.05, 4.69) is 0 Å². The number of nitrogens with zero attached hydrogens (tertiary/aromatic N) is 1. The van der Waals surface area contributed by atoms with E-state index in [-0.39, 0.29) is 0 Å². The second-order valence-corrected chi connectivity index (χ2v) is 5.80. The summed E-state index contributed by atoms with van der Waals surface area (Å²) in [5, 5.41) is 1.74. The lowest BCUT2D eigenvalue weighted by molar-refractivity contribution is 0.170. The summed E-state index contributed by atoms with van der Waals surface area (Å²) < 4.78 is 16.3. The molecule has 0 radical (unpaired) electrons. The molecule has 1 heterocycles. The van der Waals surface area contributed by atoms with Gasteiger partial charge >= 0.3 is 0 Å². The van der Waals surface area contributed by atoms with Crippen molar-refractivity contribution in [3.8, 4) is 11.5 Å². The van der Waals surface area contributed by atoms with Gasteiger partial charge in [0.15, 0.2) is 11.5 Å². The van der Waals surface area contributed by atoms with E-state index in [9.17, 15) is 0 Å². The van der Waals surface area contributed by atoms with Crippen LogP contribution in [-0.2, 0) is 17.6 Å². The second kappa shape index (κ2) is 6.71. The summed E-state index contributed by atoms with van der Waals surface area (Å²) in [5.41, 5.74) is 3.17. The number of aryl methyl sites for hydroxylation is 1. The molecule has 0 fully saturated rings. The summed E-state index contributed by atoms with van der Waals surface area (Å²) in [6, 6.07) is 3.85. The van der Waals surface area contributed by atoms with Gasteiger partial charge in [-0.25, -0.2) is 0 Å². The van der Waals surface area contributed by atoms with Gasteiger partial charge in [0, 0.05) is 37.3 Å². The number of aromatic nitrogens is 1. The van der Waals surface area contributed by atoms with E-state index in [0.717, 1.165) is 47.3 Å². The molecule has 118 valence electrons. The summed E-state index contributed by atoms with van der Waals surface area (Å²) in [7, 11) is 3.32. The third-order valence-corrected chi connectivity index (χ3v) is 4.41. The van der Waals surface area contributed by atoms with Crippen LogP contribution in [-0.4, -0.2) is 32.4 Å². The Morgan fingerprint density at radius 2 is 2.00 bits per heavy atom. The molecule has 1 aliphatic rings. The van der Waals surface area contributed by atoms with Crippen LogP contribution < -0.4 is 9.47 Å². The van der Waals surface area contributed by atoms with Gasteiger partial charge in [0.25, 0.3) is 0 Å². The average molecular weight is 322 g/mol. The number of benzene rings is 1. The molecule has 5 heteroatoms. The number of hydrogen-bond acceptors (Lipinski definition) is 4. The van der Waals surface area contributed by atoms with Crippen molar-refractivity contribution in [1.82, 2.24) is 4.98 Å². The van der Waals surface area contributed by atoms with E-state index < -0.39 is 0 Å². The van der Waals surface area contributed by atoms with E-state index in [1.807, 2.05) is 12.1 Å². The molecule has 3 rings (SSSR count). The second-order valence-electron chi connectivity index (χ2n) is 5.42. The van der Waals surface area contributed by atoms with Gasteiger partial charge in [0.1, 0.15) is 0 Å². The number of pyridine rings is 1. The first-order valence-electron chi connectivity index (χ1n) is 7.55. The van der Waals surface area contributed by atoms with Crippen molar-refractivity contribution in [1.29, 1.82) is 0 Å². The highest BCUT2D eigenvalue weighted by molar-refractivity contribution is 6.36. The zero-order chi connectivity index (χ0) is 15.5. The van der Waals surface area contributed by atoms with Crippen molar-refractivity contribution in [2.75, 3.05) is 27.4 Å². The lowest BCUT2D eigenvalue weighted by Crippen LogP contribution is -2.03. The standard InChI is InChI=1S/C17H20ClNO3/c1-20-7-4-8-22-16-10-14-12(9-15(16)21-2)17(18)11-5-3-6-13(11)19-14/h9-10H,3-8H2,1-2H3. The molecule has 0 spiro atoms. The normalized spacial score (nSPS) is 13.4. The highest BCUT2D eigenvalue weighted by Crippen LogP contribution is 2.39. The monoisotopic (exact) mass is 321 g/mol. The molecule has 0 unspecified atom stereocenters. The van der Waals surface area contributed by atoms with Crippen LogP contribution in [0.5, 0.6) is 11.5 Å². The van der Waals surface area contributed by atoms with Gasteiger partial charge < -0.3 is 14.2 Å². The predicted octanol–water partition coefficient (Wildman–Crippen LogP) is 3.80. The van der Waals surface area contributed by atoms with Crippen LogP contribution in [0.25, 0.3) is 10.9 Å². The van der Waals surface area contributed by atoms with Crippen molar-refractivity contribution in [2.45, 2.75) is 25.7 Å². The number of halogens is 1. The van der Waals surface area contributed by atoms with Crippen molar-refractivity contribution in [3.05, 3.63) is 28.4 Å². The Labute approximate surface area is 135 Å². The first-order chi connectivity index (χ1) is 10.7. The Morgan fingerprint density at radius 3 is 2.77 bits per heavy atom. The molecule has 22 heavy (non-hydrogen) atoms. The number of rotatable bonds is 6. The molecule has 0 amide bonds. The molecule has 1 aromatic heterocycles. The Kier molecular flexibility index (Phi) is 4.69. The van der Waals surface area contributed by atoms with Crippen molar-refractivity contribution >= 4 is 22.5 Å². The molecular weight excluding hydrogens is 302 g/mol. The minimum absolute atomic E-state index is 0.578. The molecular formula is C17H20ClNO3. The molecule has 0 N–H and O–H groups in total. The number of methoxy groups -OCH3 is 2. The highest BCUT2D eigenvalue weighted by atomic mass is 35.5.